The molecular formula is C3H4F3S+. The van der Waals surface area contributed by atoms with E-state index in [0.717, 1.165) is 5.75 Å². The highest BCUT2D eigenvalue weighted by molar-refractivity contribution is 8.02. The van der Waals surface area contributed by atoms with Crippen molar-refractivity contribution >= 4 is 11.8 Å². The lowest BCUT2D eigenvalue weighted by Gasteiger charge is -1.91. The average molecular weight is 129 g/mol. The minimum atomic E-state index is -4.09. The van der Waals surface area contributed by atoms with E-state index in [-0.39, 0.29) is 11.8 Å². The van der Waals surface area contributed by atoms with Crippen LogP contribution < -0.4 is 0 Å². The highest BCUT2D eigenvalue weighted by Gasteiger charge is 2.33. The van der Waals surface area contributed by atoms with Crippen LogP contribution in [0.25, 0.3) is 0 Å². The highest BCUT2D eigenvalue weighted by Crippen LogP contribution is 2.31. The molecule has 0 atom stereocenters. The zero-order chi connectivity index (χ0) is 5.91. The third-order valence-electron chi connectivity index (χ3n) is 0.251. The van der Waals surface area contributed by atoms with Crippen LogP contribution >= 0.6 is 11.8 Å². The molecular weight excluding hydrogens is 125 g/mol. The largest absolute Gasteiger partial charge is 0.486 e. The molecule has 0 spiro atoms. The number of rotatable bonds is 1. The molecule has 0 heterocycles. The van der Waals surface area contributed by atoms with Gasteiger partial charge >= 0.3 is 5.51 Å². The molecule has 0 fully saturated rings. The van der Waals surface area contributed by atoms with E-state index in [9.17, 15) is 13.2 Å². The molecule has 0 aromatic rings. The lowest BCUT2D eigenvalue weighted by atomic mass is 11.0. The number of hydrogen-bond donors (Lipinski definition) is 0. The van der Waals surface area contributed by atoms with Gasteiger partial charge < -0.3 is 0 Å². The molecule has 0 aliphatic rings. The van der Waals surface area contributed by atoms with Crippen LogP contribution in [0.2, 0.25) is 0 Å². The van der Waals surface area contributed by atoms with Crippen LogP contribution in [0.3, 0.4) is 0 Å². The molecule has 0 saturated heterocycles. The molecule has 0 aliphatic heterocycles. The lowest BCUT2D eigenvalue weighted by molar-refractivity contribution is -0.0322. The van der Waals surface area contributed by atoms with Gasteiger partial charge in [0.15, 0.2) is 11.8 Å². The molecule has 0 rings (SSSR count). The summed E-state index contributed by atoms with van der Waals surface area (Å²) in [6.45, 7) is 1.35. The second-order valence-corrected chi connectivity index (χ2v) is 1.97. The van der Waals surface area contributed by atoms with Gasteiger partial charge in [0.25, 0.3) is 0 Å². The Kier molecular flexibility index (Phi) is 2.35. The monoisotopic (exact) mass is 129 g/mol. The molecule has 0 radical (unpaired) electrons. The summed E-state index contributed by atoms with van der Waals surface area (Å²) >= 11 is -0.137. The first-order valence-electron chi connectivity index (χ1n) is 1.58. The first-order chi connectivity index (χ1) is 3.06. The number of hydrogen-bond acceptors (Lipinski definition) is 1. The van der Waals surface area contributed by atoms with Crippen molar-refractivity contribution in [1.82, 2.24) is 0 Å². The smallest absolute Gasteiger partial charge is 0.157 e. The fourth-order valence-corrected chi connectivity index (χ4v) is 0.401. The predicted molar refractivity (Wildman–Crippen MR) is 23.6 cm³/mol. The van der Waals surface area contributed by atoms with Crippen LogP contribution in [0.4, 0.5) is 13.2 Å². The Morgan fingerprint density at radius 2 is 1.86 bits per heavy atom. The van der Waals surface area contributed by atoms with Gasteiger partial charge in [0.05, 0.1) is 6.92 Å². The van der Waals surface area contributed by atoms with Crippen molar-refractivity contribution in [2.75, 3.05) is 0 Å². The summed E-state index contributed by atoms with van der Waals surface area (Å²) in [5.74, 6) is 1.00. The van der Waals surface area contributed by atoms with Gasteiger partial charge in [-0.25, -0.2) is 0 Å². The van der Waals surface area contributed by atoms with E-state index in [2.05, 4.69) is 0 Å². The zero-order valence-electron chi connectivity index (χ0n) is 3.62. The summed E-state index contributed by atoms with van der Waals surface area (Å²) in [5.41, 5.74) is -4.09. The minimum absolute atomic E-state index is 0.137. The summed E-state index contributed by atoms with van der Waals surface area (Å²) in [5, 5.41) is 0. The fraction of sp³-hybridized carbons (Fsp3) is 0.667. The minimum Gasteiger partial charge on any atom is -0.157 e. The Hall–Kier alpha value is 0.01000. The first kappa shape index (κ1) is 7.01. The van der Waals surface area contributed by atoms with Crippen molar-refractivity contribution in [2.45, 2.75) is 12.4 Å². The Morgan fingerprint density at radius 1 is 1.43 bits per heavy atom. The van der Waals surface area contributed by atoms with Gasteiger partial charge in [0.1, 0.15) is 5.75 Å². The fourth-order valence-electron chi connectivity index (χ4n) is 0.134. The second kappa shape index (κ2) is 2.35. The van der Waals surface area contributed by atoms with E-state index in [1.165, 1.54) is 6.92 Å². The van der Waals surface area contributed by atoms with Gasteiger partial charge in [0, 0.05) is 0 Å². The van der Waals surface area contributed by atoms with Crippen molar-refractivity contribution in [3.63, 3.8) is 0 Å². The van der Waals surface area contributed by atoms with Gasteiger partial charge in [-0.1, -0.05) is 0 Å². The lowest BCUT2D eigenvalue weighted by Crippen LogP contribution is -1.97. The summed E-state index contributed by atoms with van der Waals surface area (Å²) in [7, 11) is 0. The number of alkyl halides is 3. The van der Waals surface area contributed by atoms with Crippen molar-refractivity contribution in [3.05, 3.63) is 5.75 Å². The molecule has 0 aromatic carbocycles. The quantitative estimate of drug-likeness (QED) is 0.490. The summed E-state index contributed by atoms with van der Waals surface area (Å²) in [6, 6.07) is 0. The molecule has 0 amide bonds. The average Bonchev–Trinajstić information content (AvgIpc) is 1.30. The van der Waals surface area contributed by atoms with Crippen molar-refractivity contribution < 1.29 is 13.2 Å². The van der Waals surface area contributed by atoms with Crippen LogP contribution in [-0.4, -0.2) is 5.51 Å². The molecule has 0 aliphatic carbocycles. The second-order valence-electron chi connectivity index (χ2n) is 0.799. The van der Waals surface area contributed by atoms with Crippen LogP contribution in [0, 0.1) is 5.75 Å². The standard InChI is InChI=1S/C3H4F3S/c1-2-7-3(4,5)6/h2H,1H3/q+1. The van der Waals surface area contributed by atoms with E-state index in [4.69, 9.17) is 0 Å². The molecule has 0 nitrogen and oxygen atoms in total. The maximum absolute atomic E-state index is 11.0. The van der Waals surface area contributed by atoms with Gasteiger partial charge in [-0.05, 0) is 0 Å². The van der Waals surface area contributed by atoms with Crippen LogP contribution in [0.5, 0.6) is 0 Å². The topological polar surface area (TPSA) is 0 Å². The summed E-state index contributed by atoms with van der Waals surface area (Å²) in [6.07, 6.45) is 0. The third kappa shape index (κ3) is 6.01. The van der Waals surface area contributed by atoms with Crippen molar-refractivity contribution in [3.8, 4) is 0 Å². The Balaban J connectivity index is 3.15. The highest BCUT2D eigenvalue weighted by atomic mass is 32.2. The van der Waals surface area contributed by atoms with Crippen LogP contribution in [-0.2, 0) is 0 Å². The molecule has 42 valence electrons. The Labute approximate surface area is 44.1 Å². The van der Waals surface area contributed by atoms with Crippen molar-refractivity contribution in [1.29, 1.82) is 0 Å². The maximum Gasteiger partial charge on any atom is 0.486 e. The van der Waals surface area contributed by atoms with Gasteiger partial charge in [-0.2, -0.15) is 13.2 Å². The molecule has 4 heteroatoms. The van der Waals surface area contributed by atoms with Crippen LogP contribution in [0.1, 0.15) is 6.92 Å². The number of halogens is 3. The molecule has 0 N–H and O–H groups in total. The van der Waals surface area contributed by atoms with Crippen LogP contribution in [0.15, 0.2) is 0 Å². The Bertz CT molecular complexity index is 48.6. The summed E-state index contributed by atoms with van der Waals surface area (Å²) in [4.78, 5) is 0. The Morgan fingerprint density at radius 3 is 1.86 bits per heavy atom. The normalized spacial score (nSPS) is 11.4. The molecule has 0 saturated carbocycles. The van der Waals surface area contributed by atoms with Gasteiger partial charge in [-0.15, -0.1) is 0 Å². The third-order valence-corrected chi connectivity index (χ3v) is 0.754. The zero-order valence-corrected chi connectivity index (χ0v) is 4.44. The van der Waals surface area contributed by atoms with E-state index in [1.807, 2.05) is 0 Å². The molecule has 0 bridgehead atoms. The van der Waals surface area contributed by atoms with E-state index >= 15 is 0 Å². The van der Waals surface area contributed by atoms with E-state index in [1.54, 1.807) is 0 Å². The van der Waals surface area contributed by atoms with Gasteiger partial charge in [-0.3, -0.25) is 0 Å². The predicted octanol–water partition coefficient (Wildman–Crippen LogP) is 2.42. The van der Waals surface area contributed by atoms with E-state index < -0.39 is 5.51 Å². The van der Waals surface area contributed by atoms with Gasteiger partial charge in [0.2, 0.25) is 0 Å². The molecule has 7 heavy (non-hydrogen) atoms. The van der Waals surface area contributed by atoms with Crippen molar-refractivity contribution in [2.24, 2.45) is 0 Å². The number of thioether (sulfide) groups is 1. The van der Waals surface area contributed by atoms with E-state index in [0.29, 0.717) is 0 Å². The molecule has 0 aromatic heterocycles. The first-order valence-corrected chi connectivity index (χ1v) is 2.46. The maximum atomic E-state index is 11.0. The molecule has 0 unspecified atom stereocenters. The SMILES string of the molecule is C[CH+]SC(F)(F)F. The summed E-state index contributed by atoms with van der Waals surface area (Å²) < 4.78 is 33.0.